The van der Waals surface area contributed by atoms with Crippen molar-refractivity contribution in [2.75, 3.05) is 32.5 Å². The van der Waals surface area contributed by atoms with Gasteiger partial charge in [0.05, 0.1) is 24.8 Å². The summed E-state index contributed by atoms with van der Waals surface area (Å²) in [5.74, 6) is 0.193. The van der Waals surface area contributed by atoms with E-state index in [-0.39, 0.29) is 22.1 Å². The van der Waals surface area contributed by atoms with Gasteiger partial charge in [-0.2, -0.15) is 0 Å². The van der Waals surface area contributed by atoms with Crippen molar-refractivity contribution in [2.45, 2.75) is 11.3 Å². The lowest BCUT2D eigenvalue weighted by Crippen LogP contribution is -2.29. The first-order chi connectivity index (χ1) is 15.7. The summed E-state index contributed by atoms with van der Waals surface area (Å²) in [7, 11) is 0.682. The highest BCUT2D eigenvalue weighted by Crippen LogP contribution is 2.28. The standard InChI is InChI=1S/C24H25FN2O5S/c1-27(14-13-17-11-12-22(31-2)23(15-17)32-3)24(28)18-7-6-8-19(16-18)33(29,30)26-21-10-5-4-9-20(21)25/h4-12,15-16,26H,13-14H2,1-3H3. The van der Waals surface area contributed by atoms with Crippen LogP contribution in [0.4, 0.5) is 10.1 Å². The van der Waals surface area contributed by atoms with Gasteiger partial charge in [0.15, 0.2) is 11.5 Å². The third-order valence-electron chi connectivity index (χ3n) is 5.04. The number of hydrogen-bond acceptors (Lipinski definition) is 5. The fraction of sp³-hybridized carbons (Fsp3) is 0.208. The summed E-state index contributed by atoms with van der Waals surface area (Å²) >= 11 is 0. The summed E-state index contributed by atoms with van der Waals surface area (Å²) in [6.07, 6.45) is 0.565. The highest BCUT2D eigenvalue weighted by Gasteiger charge is 2.19. The predicted octanol–water partition coefficient (Wildman–Crippen LogP) is 3.96. The molecular weight excluding hydrogens is 447 g/mol. The Balaban J connectivity index is 1.71. The van der Waals surface area contributed by atoms with E-state index in [4.69, 9.17) is 9.47 Å². The van der Waals surface area contributed by atoms with Crippen LogP contribution in [0.2, 0.25) is 0 Å². The zero-order chi connectivity index (χ0) is 24.0. The van der Waals surface area contributed by atoms with Crippen molar-refractivity contribution in [2.24, 2.45) is 0 Å². The van der Waals surface area contributed by atoms with Crippen LogP contribution in [-0.4, -0.2) is 47.0 Å². The first-order valence-corrected chi connectivity index (χ1v) is 11.6. The Morgan fingerprint density at radius 3 is 2.39 bits per heavy atom. The van der Waals surface area contributed by atoms with Crippen LogP contribution in [0.3, 0.4) is 0 Å². The molecule has 0 spiro atoms. The van der Waals surface area contributed by atoms with E-state index < -0.39 is 15.8 Å². The van der Waals surface area contributed by atoms with E-state index in [1.54, 1.807) is 27.3 Å². The van der Waals surface area contributed by atoms with Crippen molar-refractivity contribution < 1.29 is 27.1 Å². The van der Waals surface area contributed by atoms with Crippen LogP contribution in [0.1, 0.15) is 15.9 Å². The minimum absolute atomic E-state index is 0.134. The first-order valence-electron chi connectivity index (χ1n) is 10.1. The molecule has 0 fully saturated rings. The molecule has 0 aliphatic heterocycles. The highest BCUT2D eigenvalue weighted by atomic mass is 32.2. The van der Waals surface area contributed by atoms with Crippen LogP contribution in [-0.2, 0) is 16.4 Å². The third kappa shape index (κ3) is 5.81. The molecule has 7 nitrogen and oxygen atoms in total. The molecule has 33 heavy (non-hydrogen) atoms. The number of nitrogens with zero attached hydrogens (tertiary/aromatic N) is 1. The number of nitrogens with one attached hydrogen (secondary N) is 1. The number of carbonyl (C=O) groups is 1. The third-order valence-corrected chi connectivity index (χ3v) is 6.40. The maximum Gasteiger partial charge on any atom is 0.262 e. The van der Waals surface area contributed by atoms with Gasteiger partial charge in [0, 0.05) is 19.2 Å². The summed E-state index contributed by atoms with van der Waals surface area (Å²) in [6.45, 7) is 0.402. The zero-order valence-corrected chi connectivity index (χ0v) is 19.4. The molecule has 1 N–H and O–H groups in total. The minimum Gasteiger partial charge on any atom is -0.493 e. The lowest BCUT2D eigenvalue weighted by molar-refractivity contribution is 0.0796. The van der Waals surface area contributed by atoms with Gasteiger partial charge in [0.2, 0.25) is 0 Å². The van der Waals surface area contributed by atoms with Crippen molar-refractivity contribution in [3.8, 4) is 11.5 Å². The SMILES string of the molecule is COc1ccc(CCN(C)C(=O)c2cccc(S(=O)(=O)Nc3ccccc3F)c2)cc1OC. The van der Waals surface area contributed by atoms with Gasteiger partial charge in [-0.3, -0.25) is 9.52 Å². The number of ether oxygens (including phenoxy) is 2. The number of methoxy groups -OCH3 is 2. The van der Waals surface area contributed by atoms with Crippen molar-refractivity contribution in [3.63, 3.8) is 0 Å². The number of likely N-dealkylation sites (N-methyl/N-ethyl adjacent to an activating group) is 1. The number of halogens is 1. The quantitative estimate of drug-likeness (QED) is 0.510. The van der Waals surface area contributed by atoms with Gasteiger partial charge in [-0.05, 0) is 54.4 Å². The van der Waals surface area contributed by atoms with E-state index >= 15 is 0 Å². The van der Waals surface area contributed by atoms with Gasteiger partial charge in [0.25, 0.3) is 15.9 Å². The van der Waals surface area contributed by atoms with Gasteiger partial charge in [0.1, 0.15) is 5.82 Å². The van der Waals surface area contributed by atoms with Crippen molar-refractivity contribution >= 4 is 21.6 Å². The van der Waals surface area contributed by atoms with E-state index in [0.29, 0.717) is 24.5 Å². The maximum atomic E-state index is 13.9. The van der Waals surface area contributed by atoms with Gasteiger partial charge in [-0.15, -0.1) is 0 Å². The maximum absolute atomic E-state index is 13.9. The fourth-order valence-corrected chi connectivity index (χ4v) is 4.31. The number of hydrogen-bond donors (Lipinski definition) is 1. The van der Waals surface area contributed by atoms with E-state index in [1.165, 1.54) is 47.4 Å². The van der Waals surface area contributed by atoms with Crippen LogP contribution in [0.5, 0.6) is 11.5 Å². The number of anilines is 1. The van der Waals surface area contributed by atoms with Gasteiger partial charge in [-0.1, -0.05) is 24.3 Å². The Kier molecular flexibility index (Phi) is 7.55. The second kappa shape index (κ2) is 10.4. The number of benzene rings is 3. The van der Waals surface area contributed by atoms with Gasteiger partial charge < -0.3 is 14.4 Å². The second-order valence-corrected chi connectivity index (χ2v) is 8.96. The number of para-hydroxylation sites is 1. The molecule has 3 aromatic rings. The summed E-state index contributed by atoms with van der Waals surface area (Å²) in [5.41, 5.74) is 1.00. The molecular formula is C24H25FN2O5S. The van der Waals surface area contributed by atoms with Crippen LogP contribution >= 0.6 is 0 Å². The van der Waals surface area contributed by atoms with Crippen LogP contribution in [0.25, 0.3) is 0 Å². The lowest BCUT2D eigenvalue weighted by Gasteiger charge is -2.18. The Morgan fingerprint density at radius 2 is 1.70 bits per heavy atom. The fourth-order valence-electron chi connectivity index (χ4n) is 3.20. The van der Waals surface area contributed by atoms with E-state index in [9.17, 15) is 17.6 Å². The molecule has 9 heteroatoms. The average Bonchev–Trinajstić information content (AvgIpc) is 2.83. The molecule has 0 unspecified atom stereocenters. The number of sulfonamides is 1. The molecule has 0 bridgehead atoms. The second-order valence-electron chi connectivity index (χ2n) is 7.28. The first kappa shape index (κ1) is 24.1. The molecule has 0 saturated heterocycles. The average molecular weight is 473 g/mol. The number of rotatable bonds is 9. The molecule has 174 valence electrons. The monoisotopic (exact) mass is 472 g/mol. The molecule has 0 heterocycles. The van der Waals surface area contributed by atoms with Gasteiger partial charge >= 0.3 is 0 Å². The molecule has 0 aliphatic rings. The van der Waals surface area contributed by atoms with Crippen LogP contribution in [0.15, 0.2) is 71.6 Å². The van der Waals surface area contributed by atoms with Crippen LogP contribution in [0, 0.1) is 5.82 Å². The Labute approximate surface area is 192 Å². The molecule has 0 aliphatic carbocycles. The lowest BCUT2D eigenvalue weighted by atomic mass is 10.1. The predicted molar refractivity (Wildman–Crippen MR) is 124 cm³/mol. The zero-order valence-electron chi connectivity index (χ0n) is 18.5. The minimum atomic E-state index is -4.07. The van der Waals surface area contributed by atoms with E-state index in [1.807, 2.05) is 12.1 Å². The molecule has 0 atom stereocenters. The summed E-state index contributed by atoms with van der Waals surface area (Å²) in [4.78, 5) is 14.3. The molecule has 3 rings (SSSR count). The topological polar surface area (TPSA) is 84.9 Å². The van der Waals surface area contributed by atoms with Gasteiger partial charge in [-0.25, -0.2) is 12.8 Å². The van der Waals surface area contributed by atoms with Crippen molar-refractivity contribution in [1.82, 2.24) is 4.90 Å². The van der Waals surface area contributed by atoms with E-state index in [2.05, 4.69) is 4.72 Å². The summed E-state index contributed by atoms with van der Waals surface area (Å²) in [6, 6.07) is 16.6. The number of carbonyl (C=O) groups excluding carboxylic acids is 1. The smallest absolute Gasteiger partial charge is 0.262 e. The summed E-state index contributed by atoms with van der Waals surface area (Å²) in [5, 5.41) is 0. The molecule has 3 aromatic carbocycles. The Morgan fingerprint density at radius 1 is 0.970 bits per heavy atom. The Hall–Kier alpha value is -3.59. The van der Waals surface area contributed by atoms with Crippen LogP contribution < -0.4 is 14.2 Å². The molecule has 0 aromatic heterocycles. The molecule has 1 amide bonds. The molecule has 0 radical (unpaired) electrons. The number of amides is 1. The molecule has 0 saturated carbocycles. The Bertz CT molecular complexity index is 1250. The van der Waals surface area contributed by atoms with E-state index in [0.717, 1.165) is 11.6 Å². The van der Waals surface area contributed by atoms with Crippen molar-refractivity contribution in [3.05, 3.63) is 83.7 Å². The normalized spacial score (nSPS) is 11.0. The largest absolute Gasteiger partial charge is 0.493 e. The summed E-state index contributed by atoms with van der Waals surface area (Å²) < 4.78 is 52.0. The highest BCUT2D eigenvalue weighted by molar-refractivity contribution is 7.92. The van der Waals surface area contributed by atoms with Crippen molar-refractivity contribution in [1.29, 1.82) is 0 Å².